The molecule has 0 bridgehead atoms. The van der Waals surface area contributed by atoms with Crippen LogP contribution in [0, 0.1) is 6.92 Å². The first-order valence-electron chi connectivity index (χ1n) is 5.76. The van der Waals surface area contributed by atoms with Gasteiger partial charge in [-0.2, -0.15) is 0 Å². The Morgan fingerprint density at radius 2 is 2.11 bits per heavy atom. The van der Waals surface area contributed by atoms with Gasteiger partial charge in [0, 0.05) is 15.0 Å². The number of halogens is 1. The second-order valence-corrected chi connectivity index (χ2v) is 6.06. The average Bonchev–Trinajstić information content (AvgIpc) is 2.82. The van der Waals surface area contributed by atoms with Gasteiger partial charge in [-0.15, -0.1) is 11.3 Å². The van der Waals surface area contributed by atoms with Crippen molar-refractivity contribution in [2.24, 2.45) is 0 Å². The molecule has 2 rings (SSSR count). The molecular weight excluding hydrogens is 310 g/mol. The molecule has 2 nitrogen and oxygen atoms in total. The molecule has 1 N–H and O–H groups in total. The van der Waals surface area contributed by atoms with Crippen LogP contribution in [-0.2, 0) is 6.42 Å². The lowest BCUT2D eigenvalue weighted by Crippen LogP contribution is -2.10. The molecule has 2 aromatic rings. The molecule has 0 fully saturated rings. The Labute approximate surface area is 119 Å². The van der Waals surface area contributed by atoms with Crippen LogP contribution in [0.4, 0.5) is 5.69 Å². The Hall–Kier alpha value is -1.13. The van der Waals surface area contributed by atoms with Crippen molar-refractivity contribution in [3.63, 3.8) is 0 Å². The molecular formula is C14H14BrNOS. The van der Waals surface area contributed by atoms with Crippen LogP contribution in [0.5, 0.6) is 0 Å². The summed E-state index contributed by atoms with van der Waals surface area (Å²) in [6, 6.07) is 9.69. The first kappa shape index (κ1) is 13.3. The molecule has 94 valence electrons. The van der Waals surface area contributed by atoms with E-state index in [1.165, 1.54) is 4.88 Å². The fraction of sp³-hybridized carbons (Fsp3) is 0.214. The van der Waals surface area contributed by atoms with E-state index in [4.69, 9.17) is 0 Å². The maximum atomic E-state index is 12.0. The third kappa shape index (κ3) is 3.00. The van der Waals surface area contributed by atoms with Gasteiger partial charge in [0.15, 0.2) is 0 Å². The zero-order valence-corrected chi connectivity index (χ0v) is 12.7. The van der Waals surface area contributed by atoms with Gasteiger partial charge in [0.05, 0.1) is 4.88 Å². The molecule has 1 aromatic heterocycles. The third-order valence-corrected chi connectivity index (χ3v) is 4.75. The third-order valence-electron chi connectivity index (χ3n) is 2.66. The minimum Gasteiger partial charge on any atom is -0.321 e. The van der Waals surface area contributed by atoms with E-state index in [2.05, 4.69) is 28.2 Å². The van der Waals surface area contributed by atoms with E-state index in [0.29, 0.717) is 0 Å². The molecule has 18 heavy (non-hydrogen) atoms. The number of carbonyl (C=O) groups is 1. The maximum Gasteiger partial charge on any atom is 0.265 e. The van der Waals surface area contributed by atoms with Gasteiger partial charge in [-0.3, -0.25) is 4.79 Å². The molecule has 0 radical (unpaired) electrons. The van der Waals surface area contributed by atoms with Crippen molar-refractivity contribution in [3.8, 4) is 0 Å². The molecule has 0 aliphatic carbocycles. The molecule has 0 aliphatic heterocycles. The number of benzene rings is 1. The second kappa shape index (κ2) is 5.67. The van der Waals surface area contributed by atoms with Crippen LogP contribution >= 0.6 is 27.3 Å². The monoisotopic (exact) mass is 323 g/mol. The molecule has 1 heterocycles. The summed E-state index contributed by atoms with van der Waals surface area (Å²) in [4.78, 5) is 14.0. The molecule has 0 spiro atoms. The molecule has 0 saturated carbocycles. The minimum absolute atomic E-state index is 0.0459. The lowest BCUT2D eigenvalue weighted by molar-refractivity contribution is 0.103. The van der Waals surface area contributed by atoms with Crippen molar-refractivity contribution in [3.05, 3.63) is 50.1 Å². The minimum atomic E-state index is -0.0459. The molecule has 0 atom stereocenters. The Balaban J connectivity index is 2.13. The fourth-order valence-corrected chi connectivity index (χ4v) is 2.77. The largest absolute Gasteiger partial charge is 0.321 e. The quantitative estimate of drug-likeness (QED) is 0.876. The summed E-state index contributed by atoms with van der Waals surface area (Å²) < 4.78 is 1.00. The smallest absolute Gasteiger partial charge is 0.265 e. The predicted molar refractivity (Wildman–Crippen MR) is 80.5 cm³/mol. The van der Waals surface area contributed by atoms with Crippen LogP contribution < -0.4 is 5.32 Å². The van der Waals surface area contributed by atoms with E-state index < -0.39 is 0 Å². The summed E-state index contributed by atoms with van der Waals surface area (Å²) in [5.41, 5.74) is 1.96. The second-order valence-electron chi connectivity index (χ2n) is 4.04. The normalized spacial score (nSPS) is 10.4. The van der Waals surface area contributed by atoms with E-state index in [-0.39, 0.29) is 5.91 Å². The highest BCUT2D eigenvalue weighted by Crippen LogP contribution is 2.22. The van der Waals surface area contributed by atoms with Crippen molar-refractivity contribution in [2.75, 3.05) is 5.32 Å². The fourth-order valence-electron chi connectivity index (χ4n) is 1.55. The SMILES string of the molecule is CCc1ccc(C(=O)Nc2ccc(C)c(Br)c2)s1. The average molecular weight is 324 g/mol. The molecule has 0 unspecified atom stereocenters. The summed E-state index contributed by atoms with van der Waals surface area (Å²) in [6.07, 6.45) is 0.966. The molecule has 4 heteroatoms. The van der Waals surface area contributed by atoms with Gasteiger partial charge in [0.1, 0.15) is 0 Å². The van der Waals surface area contributed by atoms with Crippen molar-refractivity contribution >= 4 is 38.9 Å². The topological polar surface area (TPSA) is 29.1 Å². The van der Waals surface area contributed by atoms with Crippen LogP contribution in [0.15, 0.2) is 34.8 Å². The van der Waals surface area contributed by atoms with E-state index in [1.54, 1.807) is 11.3 Å². The standard InChI is InChI=1S/C14H14BrNOS/c1-3-11-6-7-13(18-11)14(17)16-10-5-4-9(2)12(15)8-10/h4-8H,3H2,1-2H3,(H,16,17). The molecule has 0 aliphatic rings. The zero-order valence-electron chi connectivity index (χ0n) is 10.3. The zero-order chi connectivity index (χ0) is 13.1. The summed E-state index contributed by atoms with van der Waals surface area (Å²) >= 11 is 5.00. The number of anilines is 1. The van der Waals surface area contributed by atoms with Gasteiger partial charge < -0.3 is 5.32 Å². The van der Waals surface area contributed by atoms with Crippen LogP contribution in [0.2, 0.25) is 0 Å². The van der Waals surface area contributed by atoms with E-state index in [1.807, 2.05) is 37.3 Å². The van der Waals surface area contributed by atoms with Crippen LogP contribution in [0.3, 0.4) is 0 Å². The number of aryl methyl sites for hydroxylation is 2. The first-order valence-corrected chi connectivity index (χ1v) is 7.37. The van der Waals surface area contributed by atoms with Gasteiger partial charge >= 0.3 is 0 Å². The first-order chi connectivity index (χ1) is 8.60. The van der Waals surface area contributed by atoms with Crippen molar-refractivity contribution < 1.29 is 4.79 Å². The number of amides is 1. The van der Waals surface area contributed by atoms with Crippen molar-refractivity contribution in [1.29, 1.82) is 0 Å². The highest BCUT2D eigenvalue weighted by atomic mass is 79.9. The Kier molecular flexibility index (Phi) is 4.19. The number of nitrogens with one attached hydrogen (secondary N) is 1. The maximum absolute atomic E-state index is 12.0. The van der Waals surface area contributed by atoms with Gasteiger partial charge in [-0.25, -0.2) is 0 Å². The Morgan fingerprint density at radius 1 is 1.33 bits per heavy atom. The molecule has 0 saturated heterocycles. The summed E-state index contributed by atoms with van der Waals surface area (Å²) in [5, 5.41) is 2.91. The lowest BCUT2D eigenvalue weighted by atomic mass is 10.2. The number of thiophene rings is 1. The lowest BCUT2D eigenvalue weighted by Gasteiger charge is -2.05. The summed E-state index contributed by atoms with van der Waals surface area (Å²) in [5.74, 6) is -0.0459. The highest BCUT2D eigenvalue weighted by Gasteiger charge is 2.09. The summed E-state index contributed by atoms with van der Waals surface area (Å²) in [6.45, 7) is 4.10. The van der Waals surface area contributed by atoms with Crippen LogP contribution in [0.25, 0.3) is 0 Å². The number of hydrogen-bond donors (Lipinski definition) is 1. The van der Waals surface area contributed by atoms with E-state index in [0.717, 1.165) is 27.0 Å². The van der Waals surface area contributed by atoms with Crippen molar-refractivity contribution in [2.45, 2.75) is 20.3 Å². The number of carbonyl (C=O) groups excluding carboxylic acids is 1. The Morgan fingerprint density at radius 3 is 2.72 bits per heavy atom. The summed E-state index contributed by atoms with van der Waals surface area (Å²) in [7, 11) is 0. The van der Waals surface area contributed by atoms with Gasteiger partial charge in [-0.05, 0) is 43.2 Å². The Bertz CT molecular complexity index is 577. The van der Waals surface area contributed by atoms with Gasteiger partial charge in [0.25, 0.3) is 5.91 Å². The molecule has 1 amide bonds. The van der Waals surface area contributed by atoms with Crippen LogP contribution in [0.1, 0.15) is 27.0 Å². The predicted octanol–water partition coefficient (Wildman–Crippen LogP) is 4.63. The van der Waals surface area contributed by atoms with Gasteiger partial charge in [-0.1, -0.05) is 28.9 Å². The highest BCUT2D eigenvalue weighted by molar-refractivity contribution is 9.10. The number of hydrogen-bond acceptors (Lipinski definition) is 2. The van der Waals surface area contributed by atoms with E-state index in [9.17, 15) is 4.79 Å². The number of rotatable bonds is 3. The van der Waals surface area contributed by atoms with E-state index >= 15 is 0 Å². The van der Waals surface area contributed by atoms with Gasteiger partial charge in [0.2, 0.25) is 0 Å². The van der Waals surface area contributed by atoms with Crippen molar-refractivity contribution in [1.82, 2.24) is 0 Å². The molecule has 1 aromatic carbocycles. The van der Waals surface area contributed by atoms with Crippen LogP contribution in [-0.4, -0.2) is 5.91 Å².